The van der Waals surface area contributed by atoms with Crippen molar-refractivity contribution in [1.29, 1.82) is 0 Å². The lowest BCUT2D eigenvalue weighted by atomic mass is 9.83. The number of carbonyl (C=O) groups excluding carboxylic acids is 2. The number of hydrogen-bond acceptors (Lipinski definition) is 4. The Morgan fingerprint density at radius 3 is 2.09 bits per heavy atom. The lowest BCUT2D eigenvalue weighted by Gasteiger charge is -2.35. The normalized spacial score (nSPS) is 18.7. The van der Waals surface area contributed by atoms with Gasteiger partial charge in [0.2, 0.25) is 0 Å². The highest BCUT2D eigenvalue weighted by Gasteiger charge is 2.47. The number of hydrogen-bond donors (Lipinski definition) is 0. The Kier molecular flexibility index (Phi) is 5.16. The number of benzene rings is 1. The largest absolute Gasteiger partial charge is 0.422 e. The molecule has 0 aromatic heterocycles. The molecule has 122 valence electrons. The van der Waals surface area contributed by atoms with Gasteiger partial charge in [0.1, 0.15) is 0 Å². The minimum absolute atomic E-state index is 0.00395. The Labute approximate surface area is 144 Å². The van der Waals surface area contributed by atoms with E-state index in [-0.39, 0.29) is 5.92 Å². The maximum Gasteiger partial charge on any atom is 0.324 e. The molecule has 0 saturated carbocycles. The Morgan fingerprint density at radius 2 is 1.61 bits per heavy atom. The van der Waals surface area contributed by atoms with Gasteiger partial charge < -0.3 is 9.47 Å². The van der Waals surface area contributed by atoms with Crippen LogP contribution in [0.25, 0.3) is 0 Å². The number of ether oxygens (including phenoxy) is 2. The van der Waals surface area contributed by atoms with Crippen LogP contribution in [0.2, 0.25) is 0 Å². The van der Waals surface area contributed by atoms with E-state index in [4.69, 9.17) is 9.47 Å². The summed E-state index contributed by atoms with van der Waals surface area (Å²) in [7, 11) is 0. The molecule has 5 heteroatoms. The second kappa shape index (κ2) is 6.76. The molecule has 1 aliphatic rings. The highest BCUT2D eigenvalue weighted by atomic mass is 79.9. The molecule has 0 N–H and O–H groups in total. The van der Waals surface area contributed by atoms with Crippen LogP contribution in [-0.2, 0) is 19.1 Å². The first-order valence-corrected chi connectivity index (χ1v) is 8.22. The molecule has 1 atom stereocenters. The molecule has 4 nitrogen and oxygen atoms in total. The monoisotopic (exact) mass is 378 g/mol. The Balaban J connectivity index is 2.27. The van der Waals surface area contributed by atoms with E-state index in [1.807, 2.05) is 38.1 Å². The highest BCUT2D eigenvalue weighted by molar-refractivity contribution is 9.10. The quantitative estimate of drug-likeness (QED) is 0.448. The van der Waals surface area contributed by atoms with Crippen LogP contribution >= 0.6 is 15.9 Å². The zero-order chi connectivity index (χ0) is 17.2. The fraction of sp³-hybridized carbons (Fsp3) is 0.444. The van der Waals surface area contributed by atoms with Gasteiger partial charge in [-0.2, -0.15) is 0 Å². The van der Waals surface area contributed by atoms with Crippen LogP contribution in [0.5, 0.6) is 0 Å². The molecule has 1 aromatic carbocycles. The minimum atomic E-state index is -1.22. The van der Waals surface area contributed by atoms with Gasteiger partial charge in [0.15, 0.2) is 5.92 Å². The molecule has 0 aliphatic carbocycles. The lowest BCUT2D eigenvalue weighted by Crippen LogP contribution is -2.49. The highest BCUT2D eigenvalue weighted by Crippen LogP contribution is 2.31. The zero-order valence-electron chi connectivity index (χ0n) is 13.6. The second-order valence-corrected chi connectivity index (χ2v) is 7.18. The van der Waals surface area contributed by atoms with Gasteiger partial charge >= 0.3 is 11.9 Å². The van der Waals surface area contributed by atoms with Crippen LogP contribution in [-0.4, -0.2) is 17.7 Å². The van der Waals surface area contributed by atoms with Crippen molar-refractivity contribution in [3.63, 3.8) is 0 Å². The molecule has 1 saturated heterocycles. The fourth-order valence-corrected chi connectivity index (χ4v) is 2.62. The fourth-order valence-electron chi connectivity index (χ4n) is 2.36. The molecule has 23 heavy (non-hydrogen) atoms. The maximum absolute atomic E-state index is 12.2. The summed E-state index contributed by atoms with van der Waals surface area (Å²) in [4.78, 5) is 24.5. The summed E-state index contributed by atoms with van der Waals surface area (Å²) < 4.78 is 11.4. The van der Waals surface area contributed by atoms with E-state index in [9.17, 15) is 9.59 Å². The summed E-state index contributed by atoms with van der Waals surface area (Å²) in [6.45, 7) is 6.91. The molecule has 0 radical (unpaired) electrons. The summed E-state index contributed by atoms with van der Waals surface area (Å²) in [5.41, 5.74) is 0.816. The van der Waals surface area contributed by atoms with Crippen molar-refractivity contribution in [2.24, 2.45) is 17.8 Å². The summed E-state index contributed by atoms with van der Waals surface area (Å²) >= 11 is 3.37. The first-order chi connectivity index (χ1) is 10.7. The minimum Gasteiger partial charge on any atom is -0.422 e. The van der Waals surface area contributed by atoms with Gasteiger partial charge in [0.05, 0.1) is 0 Å². The van der Waals surface area contributed by atoms with Gasteiger partial charge in [-0.05, 0) is 30.2 Å². The van der Waals surface area contributed by atoms with Crippen molar-refractivity contribution in [3.05, 3.63) is 34.3 Å². The predicted molar refractivity (Wildman–Crippen MR) is 89.1 cm³/mol. The van der Waals surface area contributed by atoms with Gasteiger partial charge in [-0.15, -0.1) is 0 Å². The molecule has 1 aliphatic heterocycles. The first-order valence-electron chi connectivity index (χ1n) is 7.42. The molecule has 1 heterocycles. The van der Waals surface area contributed by atoms with E-state index in [1.54, 1.807) is 0 Å². The van der Waals surface area contributed by atoms with E-state index in [2.05, 4.69) is 27.8 Å². The average Bonchev–Trinajstić information content (AvgIpc) is 2.42. The van der Waals surface area contributed by atoms with Crippen molar-refractivity contribution in [1.82, 2.24) is 0 Å². The first kappa shape index (κ1) is 17.6. The summed E-state index contributed by atoms with van der Waals surface area (Å²) in [6, 6.07) is 7.52. The van der Waals surface area contributed by atoms with Gasteiger partial charge in [0.25, 0.3) is 5.79 Å². The van der Waals surface area contributed by atoms with Crippen molar-refractivity contribution in [2.45, 2.75) is 33.5 Å². The van der Waals surface area contributed by atoms with Crippen molar-refractivity contribution < 1.29 is 19.1 Å². The molecular weight excluding hydrogens is 360 g/mol. The smallest absolute Gasteiger partial charge is 0.324 e. The van der Waals surface area contributed by atoms with Gasteiger partial charge in [-0.1, -0.05) is 41.6 Å². The third-order valence-electron chi connectivity index (χ3n) is 3.51. The molecule has 1 fully saturated rings. The van der Waals surface area contributed by atoms with Gasteiger partial charge in [0, 0.05) is 29.8 Å². The molecular formula is C18H19BrO4. The summed E-state index contributed by atoms with van der Waals surface area (Å²) in [5.74, 6) is 2.24. The number of carbonyl (C=O) groups is 2. The zero-order valence-corrected chi connectivity index (χ0v) is 15.1. The molecule has 1 aromatic rings. The third-order valence-corrected chi connectivity index (χ3v) is 4.03. The number of rotatable bonds is 2. The van der Waals surface area contributed by atoms with Crippen molar-refractivity contribution in [3.8, 4) is 11.8 Å². The number of esters is 2. The van der Waals surface area contributed by atoms with E-state index >= 15 is 0 Å². The standard InChI is InChI=1S/C18H19BrO4/c1-11(2)14(10-7-12-5-8-13(19)9-6-12)15-16(20)22-18(3,4)23-17(15)21/h5-6,8-9,11,14-15H,1-4H3. The van der Waals surface area contributed by atoms with Gasteiger partial charge in [-0.3, -0.25) is 9.59 Å². The van der Waals surface area contributed by atoms with Crippen LogP contribution in [0.4, 0.5) is 0 Å². The van der Waals surface area contributed by atoms with Crippen molar-refractivity contribution >= 4 is 27.9 Å². The Morgan fingerprint density at radius 1 is 1.09 bits per heavy atom. The van der Waals surface area contributed by atoms with E-state index < -0.39 is 29.6 Å². The summed E-state index contributed by atoms with van der Waals surface area (Å²) in [5, 5.41) is 0. The second-order valence-electron chi connectivity index (χ2n) is 6.27. The lowest BCUT2D eigenvalue weighted by molar-refractivity contribution is -0.242. The Bertz CT molecular complexity index is 645. The molecule has 2 rings (SSSR count). The van der Waals surface area contributed by atoms with E-state index in [0.717, 1.165) is 10.0 Å². The SMILES string of the molecule is CC(C)C(C#Cc1ccc(Br)cc1)C1C(=O)OC(C)(C)OC1=O. The van der Waals surface area contributed by atoms with Crippen LogP contribution in [0.15, 0.2) is 28.7 Å². The van der Waals surface area contributed by atoms with E-state index in [1.165, 1.54) is 13.8 Å². The van der Waals surface area contributed by atoms with E-state index in [0.29, 0.717) is 0 Å². The third kappa shape index (κ3) is 4.35. The van der Waals surface area contributed by atoms with Crippen molar-refractivity contribution in [2.75, 3.05) is 0 Å². The van der Waals surface area contributed by atoms with Crippen LogP contribution in [0.3, 0.4) is 0 Å². The molecule has 1 unspecified atom stereocenters. The van der Waals surface area contributed by atoms with Crippen LogP contribution < -0.4 is 0 Å². The molecule has 0 bridgehead atoms. The number of halogens is 1. The summed E-state index contributed by atoms with van der Waals surface area (Å²) in [6.07, 6.45) is 0. The van der Waals surface area contributed by atoms with Gasteiger partial charge in [-0.25, -0.2) is 0 Å². The van der Waals surface area contributed by atoms with Crippen LogP contribution in [0, 0.1) is 29.6 Å². The molecule has 0 spiro atoms. The topological polar surface area (TPSA) is 52.6 Å². The average molecular weight is 379 g/mol. The van der Waals surface area contributed by atoms with Crippen LogP contribution in [0.1, 0.15) is 33.3 Å². The maximum atomic E-state index is 12.2. The Hall–Kier alpha value is -1.80. The molecule has 0 amide bonds. The number of cyclic esters (lactones) is 2. The predicted octanol–water partition coefficient (Wildman–Crippen LogP) is 3.53.